The van der Waals surface area contributed by atoms with Crippen molar-refractivity contribution in [2.75, 3.05) is 18.4 Å². The first-order valence-electron chi connectivity index (χ1n) is 15.2. The summed E-state index contributed by atoms with van der Waals surface area (Å²) in [4.78, 5) is 60.4. The van der Waals surface area contributed by atoms with E-state index in [0.29, 0.717) is 6.42 Å². The van der Waals surface area contributed by atoms with Crippen molar-refractivity contribution in [3.63, 3.8) is 0 Å². The molecule has 1 aromatic heterocycles. The minimum absolute atomic E-state index is 0.138. The number of nitrogens with one attached hydrogen (secondary N) is 2. The molecule has 47 heavy (non-hydrogen) atoms. The lowest BCUT2D eigenvalue weighted by Gasteiger charge is -2.39. The van der Waals surface area contributed by atoms with E-state index in [2.05, 4.69) is 10.3 Å². The van der Waals surface area contributed by atoms with Crippen molar-refractivity contribution in [3.05, 3.63) is 18.3 Å². The Kier molecular flexibility index (Phi) is 7.48. The quantitative estimate of drug-likeness (QED) is 0.469. The van der Waals surface area contributed by atoms with Gasteiger partial charge in [0.2, 0.25) is 17.4 Å². The molecule has 9 atom stereocenters. The van der Waals surface area contributed by atoms with Crippen molar-refractivity contribution in [2.24, 2.45) is 29.1 Å². The van der Waals surface area contributed by atoms with Crippen LogP contribution in [0.3, 0.4) is 0 Å². The molecule has 254 valence electrons. The number of hydrogen-bond acceptors (Lipinski definition) is 7. The Balaban J connectivity index is 1.34. The van der Waals surface area contributed by atoms with Crippen LogP contribution in [0.5, 0.6) is 5.75 Å². The van der Waals surface area contributed by atoms with Crippen molar-refractivity contribution in [1.82, 2.24) is 20.1 Å². The Bertz CT molecular complexity index is 1560. The van der Waals surface area contributed by atoms with E-state index < -0.39 is 95.3 Å². The number of carbonyl (C=O) groups is 4. The Labute approximate surface area is 265 Å². The van der Waals surface area contributed by atoms with Gasteiger partial charge in [0.15, 0.2) is 11.6 Å². The zero-order valence-electron chi connectivity index (χ0n) is 25.5. The number of anilines is 1. The van der Waals surface area contributed by atoms with Gasteiger partial charge in [0.05, 0.1) is 12.6 Å². The Hall–Kier alpha value is -4.10. The SMILES string of the molecule is CC(C)(C)C(NC(=O)C(F)(F)C(F)(F)F)C(=O)N1CC2C3CC(F)C(C3)C2C1C(=O)N1CC2(CC1C#N)Oc1cccnc1NC2=O. The molecular formula is C30H32F6N6O5. The fourth-order valence-electron chi connectivity index (χ4n) is 8.09. The molecule has 1 spiro atoms. The maximum Gasteiger partial charge on any atom is 0.463 e. The molecular weight excluding hydrogens is 638 g/mol. The summed E-state index contributed by atoms with van der Waals surface area (Å²) in [6.07, 6.45) is -5.75. The number of pyridine rings is 1. The van der Waals surface area contributed by atoms with E-state index in [1.54, 1.807) is 11.4 Å². The maximum absolute atomic E-state index is 15.2. The van der Waals surface area contributed by atoms with E-state index in [4.69, 9.17) is 4.74 Å². The predicted octanol–water partition coefficient (Wildman–Crippen LogP) is 2.83. The molecule has 2 aliphatic carbocycles. The van der Waals surface area contributed by atoms with Gasteiger partial charge in [-0.25, -0.2) is 9.37 Å². The number of likely N-dealkylation sites (tertiary alicyclic amines) is 2. The van der Waals surface area contributed by atoms with E-state index >= 15 is 4.39 Å². The molecule has 4 fully saturated rings. The fourth-order valence-corrected chi connectivity index (χ4v) is 8.09. The molecule has 9 unspecified atom stereocenters. The van der Waals surface area contributed by atoms with Gasteiger partial charge in [-0.3, -0.25) is 19.2 Å². The number of aromatic nitrogens is 1. The lowest BCUT2D eigenvalue weighted by molar-refractivity contribution is -0.270. The first-order valence-corrected chi connectivity index (χ1v) is 15.2. The summed E-state index contributed by atoms with van der Waals surface area (Å²) in [6, 6.07) is 0.470. The highest BCUT2D eigenvalue weighted by Gasteiger charge is 2.67. The van der Waals surface area contributed by atoms with Gasteiger partial charge >= 0.3 is 18.0 Å². The lowest BCUT2D eigenvalue weighted by atomic mass is 9.77. The summed E-state index contributed by atoms with van der Waals surface area (Å²) in [5, 5.41) is 14.3. The van der Waals surface area contributed by atoms with Crippen LogP contribution < -0.4 is 15.4 Å². The van der Waals surface area contributed by atoms with Crippen molar-refractivity contribution >= 4 is 29.4 Å². The average Bonchev–Trinajstić information content (AvgIpc) is 3.74. The highest BCUT2D eigenvalue weighted by molar-refractivity contribution is 6.01. The second kappa shape index (κ2) is 10.7. The zero-order chi connectivity index (χ0) is 34.4. The summed E-state index contributed by atoms with van der Waals surface area (Å²) in [6.45, 7) is 3.47. The number of carbonyl (C=O) groups excluding carboxylic acids is 4. The molecule has 6 rings (SSSR count). The number of hydrogen-bond donors (Lipinski definition) is 2. The Morgan fingerprint density at radius 2 is 1.85 bits per heavy atom. The second-order valence-corrected chi connectivity index (χ2v) is 14.1. The molecule has 0 aromatic carbocycles. The highest BCUT2D eigenvalue weighted by Crippen LogP contribution is 2.59. The number of fused-ring (bicyclic) bond motifs is 6. The fraction of sp³-hybridized carbons (Fsp3) is 0.667. The van der Waals surface area contributed by atoms with Crippen LogP contribution in [0.15, 0.2) is 18.3 Å². The molecule has 4 amide bonds. The van der Waals surface area contributed by atoms with E-state index in [1.165, 1.54) is 33.0 Å². The lowest BCUT2D eigenvalue weighted by Crippen LogP contribution is -2.62. The summed E-state index contributed by atoms with van der Waals surface area (Å²) in [5.41, 5.74) is -3.12. The molecule has 11 nitrogen and oxygen atoms in total. The number of nitriles is 1. The third-order valence-corrected chi connectivity index (χ3v) is 10.3. The van der Waals surface area contributed by atoms with Gasteiger partial charge in [0, 0.05) is 19.2 Å². The highest BCUT2D eigenvalue weighted by atomic mass is 19.4. The first-order chi connectivity index (χ1) is 21.8. The van der Waals surface area contributed by atoms with Gasteiger partial charge in [-0.05, 0) is 54.1 Å². The number of ether oxygens (including phenoxy) is 1. The normalized spacial score (nSPS) is 33.5. The standard InChI is InChI=1S/C30H32F6N6O5/c1-27(2,3)21(39-26(46)29(32,33)30(34,35)36)24(44)41-11-16-13-7-15(17(31)8-13)19(16)20(41)23(43)42-12-28(9-14(42)10-37)25(45)40-22-18(47-28)5-4-6-38-22/h4-6,13-17,19-21H,7-9,11-12H2,1-3H3,(H,39,46)(H,38,40,45). The van der Waals surface area contributed by atoms with Gasteiger partial charge in [0.25, 0.3) is 5.91 Å². The van der Waals surface area contributed by atoms with Crippen LogP contribution in [-0.4, -0.2) is 93.5 Å². The van der Waals surface area contributed by atoms with Crippen LogP contribution in [-0.2, 0) is 19.2 Å². The molecule has 2 N–H and O–H groups in total. The van der Waals surface area contributed by atoms with Crippen molar-refractivity contribution in [1.29, 1.82) is 5.26 Å². The van der Waals surface area contributed by atoms with Crippen molar-refractivity contribution in [2.45, 2.75) is 82.0 Å². The van der Waals surface area contributed by atoms with Crippen LogP contribution in [0.2, 0.25) is 0 Å². The van der Waals surface area contributed by atoms with Gasteiger partial charge in [-0.1, -0.05) is 20.8 Å². The second-order valence-electron chi connectivity index (χ2n) is 14.1. The molecule has 2 saturated heterocycles. The van der Waals surface area contributed by atoms with Crippen LogP contribution in [0.4, 0.5) is 32.2 Å². The Morgan fingerprint density at radius 3 is 2.49 bits per heavy atom. The number of nitrogens with zero attached hydrogens (tertiary/aromatic N) is 4. The maximum atomic E-state index is 15.2. The summed E-state index contributed by atoms with van der Waals surface area (Å²) in [5.74, 6) is -12.8. The molecule has 0 radical (unpaired) electrons. The summed E-state index contributed by atoms with van der Waals surface area (Å²) >= 11 is 0. The molecule has 17 heteroatoms. The Morgan fingerprint density at radius 1 is 1.15 bits per heavy atom. The van der Waals surface area contributed by atoms with Crippen LogP contribution in [0.25, 0.3) is 0 Å². The molecule has 4 heterocycles. The summed E-state index contributed by atoms with van der Waals surface area (Å²) in [7, 11) is 0. The minimum atomic E-state index is -6.23. The monoisotopic (exact) mass is 670 g/mol. The number of amides is 4. The predicted molar refractivity (Wildman–Crippen MR) is 148 cm³/mol. The largest absolute Gasteiger partial charge is 0.472 e. The van der Waals surface area contributed by atoms with Crippen LogP contribution in [0, 0.1) is 40.4 Å². The third kappa shape index (κ3) is 5.05. The topological polar surface area (TPSA) is 145 Å². The van der Waals surface area contributed by atoms with E-state index in [9.17, 15) is 46.4 Å². The number of alkyl halides is 6. The van der Waals surface area contributed by atoms with Gasteiger partial charge in [-0.2, -0.15) is 27.2 Å². The van der Waals surface area contributed by atoms with Crippen molar-refractivity contribution < 1.29 is 50.3 Å². The third-order valence-electron chi connectivity index (χ3n) is 10.3. The molecule has 1 aromatic rings. The van der Waals surface area contributed by atoms with E-state index in [0.717, 1.165) is 9.80 Å². The number of halogens is 6. The minimum Gasteiger partial charge on any atom is -0.472 e. The average molecular weight is 671 g/mol. The molecule has 2 saturated carbocycles. The molecule has 3 aliphatic heterocycles. The van der Waals surface area contributed by atoms with Gasteiger partial charge < -0.3 is 25.2 Å². The van der Waals surface area contributed by atoms with Gasteiger partial charge in [-0.15, -0.1) is 0 Å². The van der Waals surface area contributed by atoms with E-state index in [-0.39, 0.29) is 36.9 Å². The van der Waals surface area contributed by atoms with Crippen LogP contribution >= 0.6 is 0 Å². The van der Waals surface area contributed by atoms with Crippen LogP contribution in [0.1, 0.15) is 40.0 Å². The van der Waals surface area contributed by atoms with E-state index in [1.807, 2.05) is 6.07 Å². The molecule has 5 aliphatic rings. The first kappa shape index (κ1) is 32.8. The van der Waals surface area contributed by atoms with Gasteiger partial charge in [0.1, 0.15) is 24.3 Å². The smallest absolute Gasteiger partial charge is 0.463 e. The summed E-state index contributed by atoms with van der Waals surface area (Å²) < 4.78 is 88.3. The molecule has 2 bridgehead atoms. The zero-order valence-corrected chi connectivity index (χ0v) is 25.5. The number of rotatable bonds is 4. The van der Waals surface area contributed by atoms with Crippen molar-refractivity contribution in [3.8, 4) is 11.8 Å².